The molecule has 42 heavy (non-hydrogen) atoms. The quantitative estimate of drug-likeness (QED) is 0.216. The smallest absolute Gasteiger partial charge is 0.349 e. The predicted octanol–water partition coefficient (Wildman–Crippen LogP) is 6.04. The fourth-order valence-electron chi connectivity index (χ4n) is 5.06. The zero-order chi connectivity index (χ0) is 30.8. The molecule has 0 aromatic heterocycles. The van der Waals surface area contributed by atoms with Gasteiger partial charge in [0.2, 0.25) is 6.10 Å². The number of sulfonamides is 1. The first-order valence-electron chi connectivity index (χ1n) is 13.3. The van der Waals surface area contributed by atoms with Crippen LogP contribution in [0.1, 0.15) is 42.2 Å². The number of anilines is 1. The highest BCUT2D eigenvalue weighted by molar-refractivity contribution is 7.93. The largest absolute Gasteiger partial charge is 0.491 e. The average Bonchev–Trinajstić information content (AvgIpc) is 2.89. The van der Waals surface area contributed by atoms with Gasteiger partial charge in [-0.2, -0.15) is 0 Å². The third kappa shape index (κ3) is 6.33. The van der Waals surface area contributed by atoms with Crippen LogP contribution in [0, 0.1) is 20.8 Å². The third-order valence-electron chi connectivity index (χ3n) is 6.59. The Morgan fingerprint density at radius 3 is 1.98 bits per heavy atom. The van der Waals surface area contributed by atoms with Gasteiger partial charge in [-0.15, -0.1) is 0 Å². The SMILES string of the molecule is Cc1cc(C)c(S(=O)(=O)N(CC(=O)O)c2ccc(OC(C(=O)O)c3ccc(OC(C)C)cc3)c3ccccc23)c(C)c1. The van der Waals surface area contributed by atoms with Crippen LogP contribution in [0.4, 0.5) is 5.69 Å². The van der Waals surface area contributed by atoms with Crippen molar-refractivity contribution in [2.45, 2.75) is 51.7 Å². The summed E-state index contributed by atoms with van der Waals surface area (Å²) in [6.07, 6.45) is -1.42. The lowest BCUT2D eigenvalue weighted by Gasteiger charge is -2.27. The minimum Gasteiger partial charge on any atom is -0.491 e. The number of carboxylic acid groups (broad SMARTS) is 2. The number of ether oxygens (including phenoxy) is 2. The summed E-state index contributed by atoms with van der Waals surface area (Å²) >= 11 is 0. The van der Waals surface area contributed by atoms with Crippen LogP contribution in [0.2, 0.25) is 0 Å². The van der Waals surface area contributed by atoms with Gasteiger partial charge >= 0.3 is 11.9 Å². The number of hydrogen-bond acceptors (Lipinski definition) is 6. The monoisotopic (exact) mass is 591 g/mol. The zero-order valence-corrected chi connectivity index (χ0v) is 24.8. The van der Waals surface area contributed by atoms with E-state index < -0.39 is 34.6 Å². The Bertz CT molecular complexity index is 1720. The molecule has 0 heterocycles. The second-order valence-corrected chi connectivity index (χ2v) is 12.1. The number of fused-ring (bicyclic) bond motifs is 1. The first kappa shape index (κ1) is 30.4. The van der Waals surface area contributed by atoms with Crippen molar-refractivity contribution in [2.24, 2.45) is 0 Å². The number of carbonyl (C=O) groups is 2. The molecule has 0 aliphatic heterocycles. The van der Waals surface area contributed by atoms with Gasteiger partial charge in [0.05, 0.1) is 16.7 Å². The average molecular weight is 592 g/mol. The number of nitrogens with zero attached hydrogens (tertiary/aromatic N) is 1. The molecular weight excluding hydrogens is 558 g/mol. The molecule has 0 amide bonds. The van der Waals surface area contributed by atoms with E-state index in [0.29, 0.717) is 33.2 Å². The van der Waals surface area contributed by atoms with Gasteiger partial charge in [0.25, 0.3) is 10.0 Å². The number of benzene rings is 4. The Morgan fingerprint density at radius 1 is 0.833 bits per heavy atom. The summed E-state index contributed by atoms with van der Waals surface area (Å²) in [5.41, 5.74) is 2.40. The highest BCUT2D eigenvalue weighted by Gasteiger charge is 2.32. The summed E-state index contributed by atoms with van der Waals surface area (Å²) in [5, 5.41) is 20.5. The molecular formula is C32H33NO8S. The second-order valence-electron chi connectivity index (χ2n) is 10.3. The molecule has 0 bridgehead atoms. The van der Waals surface area contributed by atoms with Crippen LogP contribution < -0.4 is 13.8 Å². The highest BCUT2D eigenvalue weighted by Crippen LogP contribution is 2.39. The van der Waals surface area contributed by atoms with Crippen molar-refractivity contribution >= 4 is 38.4 Å². The minimum atomic E-state index is -4.32. The predicted molar refractivity (Wildman–Crippen MR) is 160 cm³/mol. The van der Waals surface area contributed by atoms with Crippen LogP contribution in [-0.2, 0) is 19.6 Å². The van der Waals surface area contributed by atoms with Crippen molar-refractivity contribution in [3.63, 3.8) is 0 Å². The van der Waals surface area contributed by atoms with E-state index in [0.717, 1.165) is 9.87 Å². The standard InChI is InChI=1S/C32H33NO8S/c1-19(2)40-24-12-10-23(11-13-24)30(32(36)37)41-28-15-14-27(25-8-6-7-9-26(25)28)33(18-29(34)35)42(38,39)31-21(4)16-20(3)17-22(31)5/h6-17,19,30H,18H2,1-5H3,(H,34,35)(H,36,37). The zero-order valence-electron chi connectivity index (χ0n) is 24.0. The lowest BCUT2D eigenvalue weighted by molar-refractivity contribution is -0.145. The number of aryl methyl sites for hydroxylation is 3. The van der Waals surface area contributed by atoms with Gasteiger partial charge in [-0.3, -0.25) is 9.10 Å². The topological polar surface area (TPSA) is 130 Å². The first-order chi connectivity index (χ1) is 19.8. The van der Waals surface area contributed by atoms with Crippen LogP contribution in [0.15, 0.2) is 77.7 Å². The second kappa shape index (κ2) is 12.1. The van der Waals surface area contributed by atoms with Crippen LogP contribution in [0.25, 0.3) is 10.8 Å². The minimum absolute atomic E-state index is 0.0367. The molecule has 10 heteroatoms. The Hall–Kier alpha value is -4.57. The van der Waals surface area contributed by atoms with Gasteiger partial charge in [0.1, 0.15) is 18.0 Å². The van der Waals surface area contributed by atoms with Crippen molar-refractivity contribution in [1.29, 1.82) is 0 Å². The van der Waals surface area contributed by atoms with Crippen molar-refractivity contribution in [3.05, 3.63) is 95.1 Å². The third-order valence-corrected chi connectivity index (χ3v) is 8.65. The first-order valence-corrected chi connectivity index (χ1v) is 14.7. The van der Waals surface area contributed by atoms with Gasteiger partial charge in [0, 0.05) is 16.3 Å². The molecule has 0 spiro atoms. The normalized spacial score (nSPS) is 12.2. The molecule has 220 valence electrons. The molecule has 0 aliphatic carbocycles. The van der Waals surface area contributed by atoms with Gasteiger partial charge in [0.15, 0.2) is 0 Å². The highest BCUT2D eigenvalue weighted by atomic mass is 32.2. The fraction of sp³-hybridized carbons (Fsp3) is 0.250. The maximum atomic E-state index is 14.0. The van der Waals surface area contributed by atoms with Crippen LogP contribution >= 0.6 is 0 Å². The van der Waals surface area contributed by atoms with E-state index >= 15 is 0 Å². The number of hydrogen-bond donors (Lipinski definition) is 2. The molecule has 1 atom stereocenters. The maximum absolute atomic E-state index is 14.0. The maximum Gasteiger partial charge on any atom is 0.349 e. The molecule has 0 radical (unpaired) electrons. The summed E-state index contributed by atoms with van der Waals surface area (Å²) in [6.45, 7) is 8.16. The van der Waals surface area contributed by atoms with E-state index in [1.807, 2.05) is 20.8 Å². The molecule has 2 N–H and O–H groups in total. The number of aliphatic carboxylic acids is 2. The van der Waals surface area contributed by atoms with Crippen LogP contribution in [-0.4, -0.2) is 43.2 Å². The van der Waals surface area contributed by atoms with Gasteiger partial charge < -0.3 is 19.7 Å². The molecule has 4 aromatic rings. The van der Waals surface area contributed by atoms with Crippen molar-refractivity contribution in [2.75, 3.05) is 10.8 Å². The van der Waals surface area contributed by atoms with Crippen molar-refractivity contribution < 1.29 is 37.7 Å². The molecule has 4 rings (SSSR count). The molecule has 9 nitrogen and oxygen atoms in total. The van der Waals surface area contributed by atoms with Crippen LogP contribution in [0.5, 0.6) is 11.5 Å². The molecule has 4 aromatic carbocycles. The van der Waals surface area contributed by atoms with E-state index in [-0.39, 0.29) is 22.4 Å². The van der Waals surface area contributed by atoms with Crippen molar-refractivity contribution in [3.8, 4) is 11.5 Å². The molecule has 0 aliphatic rings. The summed E-state index contributed by atoms with van der Waals surface area (Å²) in [4.78, 5) is 24.2. The Labute approximate surface area is 245 Å². The summed E-state index contributed by atoms with van der Waals surface area (Å²) in [7, 11) is -4.32. The molecule has 0 saturated heterocycles. The molecule has 0 saturated carbocycles. The lowest BCUT2D eigenvalue weighted by Crippen LogP contribution is -2.36. The van der Waals surface area contributed by atoms with E-state index in [2.05, 4.69) is 0 Å². The number of rotatable bonds is 11. The lowest BCUT2D eigenvalue weighted by atomic mass is 10.1. The summed E-state index contributed by atoms with van der Waals surface area (Å²) in [5.74, 6) is -1.77. The Morgan fingerprint density at radius 2 is 1.43 bits per heavy atom. The fourth-order valence-corrected chi connectivity index (χ4v) is 6.91. The molecule has 1 unspecified atom stereocenters. The van der Waals surface area contributed by atoms with Crippen LogP contribution in [0.3, 0.4) is 0 Å². The summed E-state index contributed by atoms with van der Waals surface area (Å²) < 4.78 is 40.6. The summed E-state index contributed by atoms with van der Waals surface area (Å²) in [6, 6.07) is 19.6. The van der Waals surface area contributed by atoms with E-state index in [1.165, 1.54) is 12.1 Å². The van der Waals surface area contributed by atoms with Gasteiger partial charge in [-0.05, 0) is 70.0 Å². The Kier molecular flexibility index (Phi) is 8.77. The number of carboxylic acids is 2. The van der Waals surface area contributed by atoms with E-state index in [1.54, 1.807) is 74.5 Å². The van der Waals surface area contributed by atoms with Gasteiger partial charge in [-0.25, -0.2) is 13.2 Å². The van der Waals surface area contributed by atoms with E-state index in [4.69, 9.17) is 9.47 Å². The van der Waals surface area contributed by atoms with E-state index in [9.17, 15) is 28.2 Å². The Balaban J connectivity index is 1.81. The van der Waals surface area contributed by atoms with Gasteiger partial charge in [-0.1, -0.05) is 54.1 Å². The molecule has 0 fully saturated rings. The van der Waals surface area contributed by atoms with Crippen molar-refractivity contribution in [1.82, 2.24) is 0 Å².